The molecule has 0 fully saturated rings. The fourth-order valence-electron chi connectivity index (χ4n) is 2.52. The maximum atomic E-state index is 12.3. The zero-order valence-corrected chi connectivity index (χ0v) is 15.8. The highest BCUT2D eigenvalue weighted by molar-refractivity contribution is 5.97. The second kappa shape index (κ2) is 8.39. The molecule has 0 unspecified atom stereocenters. The van der Waals surface area contributed by atoms with Gasteiger partial charge in [0.1, 0.15) is 11.3 Å². The lowest BCUT2D eigenvalue weighted by Crippen LogP contribution is -2.29. The number of hydrogen-bond donors (Lipinski definition) is 1. The molecule has 0 bridgehead atoms. The molecule has 0 spiro atoms. The Hall–Kier alpha value is -3.61. The van der Waals surface area contributed by atoms with E-state index < -0.39 is 18.0 Å². The fraction of sp³-hybridized carbons (Fsp3) is 0.190. The van der Waals surface area contributed by atoms with Crippen LogP contribution in [0.2, 0.25) is 0 Å². The zero-order valence-electron chi connectivity index (χ0n) is 15.8. The van der Waals surface area contributed by atoms with Gasteiger partial charge in [-0.05, 0) is 43.7 Å². The molecule has 28 heavy (non-hydrogen) atoms. The van der Waals surface area contributed by atoms with Crippen LogP contribution in [0, 0.1) is 6.92 Å². The van der Waals surface area contributed by atoms with Crippen LogP contribution in [0.4, 0.5) is 5.69 Å². The van der Waals surface area contributed by atoms with Gasteiger partial charge in [-0.3, -0.25) is 4.79 Å². The number of methoxy groups -OCH3 is 1. The summed E-state index contributed by atoms with van der Waals surface area (Å²) in [6.07, 6.45) is 1.57. The molecular formula is C21H20N2O5. The SMILES string of the molecule is COc1ccc(C)cc1NC(=O)[C@@H](C)OC(=O)/C=C/c1nc2ccccc2o1. The number of benzene rings is 2. The summed E-state index contributed by atoms with van der Waals surface area (Å²) < 4.78 is 15.8. The van der Waals surface area contributed by atoms with Crippen molar-refractivity contribution in [3.8, 4) is 5.75 Å². The number of ether oxygens (including phenoxy) is 2. The van der Waals surface area contributed by atoms with Crippen molar-refractivity contribution in [2.24, 2.45) is 0 Å². The first kappa shape index (κ1) is 19.2. The van der Waals surface area contributed by atoms with Crippen LogP contribution in [0.5, 0.6) is 5.75 Å². The molecule has 0 radical (unpaired) electrons. The quantitative estimate of drug-likeness (QED) is 0.518. The van der Waals surface area contributed by atoms with Crippen LogP contribution in [0.15, 0.2) is 53.0 Å². The topological polar surface area (TPSA) is 90.7 Å². The average Bonchev–Trinajstić information content (AvgIpc) is 3.09. The van der Waals surface area contributed by atoms with Crippen LogP contribution in [-0.4, -0.2) is 30.1 Å². The number of oxazole rings is 1. The Balaban J connectivity index is 1.60. The number of aryl methyl sites for hydroxylation is 1. The molecule has 0 aliphatic rings. The smallest absolute Gasteiger partial charge is 0.331 e. The molecule has 144 valence electrons. The Kier molecular flexibility index (Phi) is 5.74. The van der Waals surface area contributed by atoms with Gasteiger partial charge in [0.2, 0.25) is 5.89 Å². The monoisotopic (exact) mass is 380 g/mol. The maximum absolute atomic E-state index is 12.3. The summed E-state index contributed by atoms with van der Waals surface area (Å²) in [7, 11) is 1.51. The third-order valence-electron chi connectivity index (χ3n) is 3.95. The van der Waals surface area contributed by atoms with Crippen molar-refractivity contribution in [2.75, 3.05) is 12.4 Å². The fourth-order valence-corrected chi connectivity index (χ4v) is 2.52. The molecule has 0 saturated heterocycles. The van der Waals surface area contributed by atoms with Gasteiger partial charge in [-0.25, -0.2) is 9.78 Å². The number of nitrogens with zero attached hydrogens (tertiary/aromatic N) is 1. The van der Waals surface area contributed by atoms with E-state index in [1.807, 2.05) is 25.1 Å². The number of rotatable bonds is 6. The zero-order chi connectivity index (χ0) is 20.1. The first-order chi connectivity index (χ1) is 13.5. The van der Waals surface area contributed by atoms with E-state index in [4.69, 9.17) is 13.9 Å². The first-order valence-corrected chi connectivity index (χ1v) is 8.66. The van der Waals surface area contributed by atoms with Crippen LogP contribution in [0.25, 0.3) is 17.2 Å². The number of carbonyl (C=O) groups is 2. The molecule has 0 aliphatic carbocycles. The summed E-state index contributed by atoms with van der Waals surface area (Å²) >= 11 is 0. The molecule has 1 N–H and O–H groups in total. The normalized spacial score (nSPS) is 12.1. The minimum absolute atomic E-state index is 0.278. The maximum Gasteiger partial charge on any atom is 0.331 e. The summed E-state index contributed by atoms with van der Waals surface area (Å²) in [5, 5.41) is 2.70. The number of carbonyl (C=O) groups excluding carboxylic acids is 2. The Bertz CT molecular complexity index is 1010. The van der Waals surface area contributed by atoms with E-state index in [9.17, 15) is 9.59 Å². The number of esters is 1. The van der Waals surface area contributed by atoms with Crippen molar-refractivity contribution in [3.63, 3.8) is 0 Å². The predicted octanol–water partition coefficient (Wildman–Crippen LogP) is 3.73. The van der Waals surface area contributed by atoms with E-state index in [1.54, 1.807) is 24.3 Å². The molecule has 1 heterocycles. The van der Waals surface area contributed by atoms with Gasteiger partial charge in [0.05, 0.1) is 12.8 Å². The molecule has 3 rings (SSSR count). The minimum Gasteiger partial charge on any atom is -0.495 e. The van der Waals surface area contributed by atoms with Crippen LogP contribution in [0.1, 0.15) is 18.4 Å². The summed E-state index contributed by atoms with van der Waals surface area (Å²) in [5.74, 6) is -0.346. The number of anilines is 1. The summed E-state index contributed by atoms with van der Waals surface area (Å²) in [5.41, 5.74) is 2.78. The Labute approximate surface area is 162 Å². The highest BCUT2D eigenvalue weighted by Gasteiger charge is 2.18. The van der Waals surface area contributed by atoms with E-state index in [0.717, 1.165) is 5.56 Å². The van der Waals surface area contributed by atoms with Crippen molar-refractivity contribution >= 4 is 34.7 Å². The van der Waals surface area contributed by atoms with E-state index in [2.05, 4.69) is 10.3 Å². The standard InChI is InChI=1S/C21H20N2O5/c1-13-8-9-17(26-3)16(12-13)23-21(25)14(2)27-20(24)11-10-19-22-15-6-4-5-7-18(15)28-19/h4-12,14H,1-3H3,(H,23,25)/b11-10+/t14-/m1/s1. The van der Waals surface area contributed by atoms with Crippen molar-refractivity contribution in [3.05, 3.63) is 60.0 Å². The second-order valence-corrected chi connectivity index (χ2v) is 6.13. The molecule has 1 atom stereocenters. The molecule has 1 aromatic heterocycles. The molecule has 7 nitrogen and oxygen atoms in total. The number of aromatic nitrogens is 1. The molecule has 7 heteroatoms. The van der Waals surface area contributed by atoms with Gasteiger partial charge < -0.3 is 19.2 Å². The van der Waals surface area contributed by atoms with Gasteiger partial charge in [-0.15, -0.1) is 0 Å². The Morgan fingerprint density at radius 3 is 2.75 bits per heavy atom. The van der Waals surface area contributed by atoms with E-state index in [-0.39, 0.29) is 5.89 Å². The number of fused-ring (bicyclic) bond motifs is 1. The molecule has 0 saturated carbocycles. The highest BCUT2D eigenvalue weighted by atomic mass is 16.5. The van der Waals surface area contributed by atoms with Gasteiger partial charge in [0, 0.05) is 12.2 Å². The lowest BCUT2D eigenvalue weighted by molar-refractivity contribution is -0.148. The van der Waals surface area contributed by atoms with Gasteiger partial charge in [-0.1, -0.05) is 18.2 Å². The Morgan fingerprint density at radius 2 is 2.00 bits per heavy atom. The third kappa shape index (κ3) is 4.56. The van der Waals surface area contributed by atoms with Crippen molar-refractivity contribution in [1.29, 1.82) is 0 Å². The third-order valence-corrected chi connectivity index (χ3v) is 3.95. The van der Waals surface area contributed by atoms with Crippen LogP contribution >= 0.6 is 0 Å². The lowest BCUT2D eigenvalue weighted by atomic mass is 10.2. The van der Waals surface area contributed by atoms with Crippen LogP contribution < -0.4 is 10.1 Å². The number of para-hydroxylation sites is 2. The Morgan fingerprint density at radius 1 is 1.21 bits per heavy atom. The van der Waals surface area contributed by atoms with Gasteiger partial charge >= 0.3 is 5.97 Å². The molecule has 1 amide bonds. The van der Waals surface area contributed by atoms with Gasteiger partial charge in [0.15, 0.2) is 11.7 Å². The molecule has 2 aromatic carbocycles. The van der Waals surface area contributed by atoms with Crippen molar-refractivity contribution in [1.82, 2.24) is 4.98 Å². The van der Waals surface area contributed by atoms with E-state index in [0.29, 0.717) is 22.5 Å². The largest absolute Gasteiger partial charge is 0.495 e. The lowest BCUT2D eigenvalue weighted by Gasteiger charge is -2.14. The van der Waals surface area contributed by atoms with Gasteiger partial charge in [-0.2, -0.15) is 0 Å². The van der Waals surface area contributed by atoms with Crippen molar-refractivity contribution in [2.45, 2.75) is 20.0 Å². The molecule has 0 aliphatic heterocycles. The van der Waals surface area contributed by atoms with E-state index >= 15 is 0 Å². The van der Waals surface area contributed by atoms with Crippen LogP contribution in [0.3, 0.4) is 0 Å². The minimum atomic E-state index is -0.994. The predicted molar refractivity (Wildman–Crippen MR) is 105 cm³/mol. The molecule has 3 aromatic rings. The van der Waals surface area contributed by atoms with Gasteiger partial charge in [0.25, 0.3) is 5.91 Å². The van der Waals surface area contributed by atoms with E-state index in [1.165, 1.54) is 26.2 Å². The summed E-state index contributed by atoms with van der Waals surface area (Å²) in [4.78, 5) is 28.5. The molecular weight excluding hydrogens is 360 g/mol. The van der Waals surface area contributed by atoms with Crippen molar-refractivity contribution < 1.29 is 23.5 Å². The second-order valence-electron chi connectivity index (χ2n) is 6.13. The number of hydrogen-bond acceptors (Lipinski definition) is 6. The highest BCUT2D eigenvalue weighted by Crippen LogP contribution is 2.25. The number of nitrogens with one attached hydrogen (secondary N) is 1. The summed E-state index contributed by atoms with van der Waals surface area (Å²) in [6, 6.07) is 12.7. The van der Waals surface area contributed by atoms with Crippen LogP contribution in [-0.2, 0) is 14.3 Å². The summed E-state index contributed by atoms with van der Waals surface area (Å²) in [6.45, 7) is 3.39. The first-order valence-electron chi connectivity index (χ1n) is 8.66. The number of amides is 1. The average molecular weight is 380 g/mol.